The Labute approximate surface area is 651 Å². The largest absolute Gasteiger partial charge is 0.465 e. The van der Waals surface area contributed by atoms with Gasteiger partial charge < -0.3 is 69.8 Å². The van der Waals surface area contributed by atoms with Gasteiger partial charge in [0.05, 0.1) is 39.6 Å². The predicted octanol–water partition coefficient (Wildman–Crippen LogP) is 12.9. The molecule has 20 nitrogen and oxygen atoms in total. The lowest BCUT2D eigenvalue weighted by Gasteiger charge is -2.33. The first kappa shape index (κ1) is 92.0. The Hall–Kier alpha value is -3.18. The summed E-state index contributed by atoms with van der Waals surface area (Å²) < 4.78 is 48.7. The Bertz CT molecular complexity index is 2620. The van der Waals surface area contributed by atoms with Crippen molar-refractivity contribution < 1.29 is 87.1 Å². The number of ether oxygens (including phenoxy) is 8. The minimum atomic E-state index is -0.426. The molecule has 108 heavy (non-hydrogen) atoms. The van der Waals surface area contributed by atoms with Gasteiger partial charge in [0.2, 0.25) is 0 Å². The molecule has 8 saturated carbocycles. The molecule has 8 N–H and O–H groups in total. The molecule has 0 saturated heterocycles. The molecule has 20 atom stereocenters. The summed E-state index contributed by atoms with van der Waals surface area (Å²) in [6, 6.07) is 0.552. The van der Waals surface area contributed by atoms with E-state index in [2.05, 4.69) is 41.5 Å². The van der Waals surface area contributed by atoms with E-state index in [-0.39, 0.29) is 238 Å². The van der Waals surface area contributed by atoms with Crippen LogP contribution in [0.3, 0.4) is 0 Å². The Morgan fingerprint density at radius 2 is 0.611 bits per heavy atom. The van der Waals surface area contributed by atoms with Crippen LogP contribution in [-0.4, -0.2) is 174 Å². The summed E-state index contributed by atoms with van der Waals surface area (Å²) in [5.74, 6) is 0.521. The minimum Gasteiger partial charge on any atom is -0.465 e. The van der Waals surface area contributed by atoms with Crippen molar-refractivity contribution in [1.29, 1.82) is 0 Å². The molecule has 0 spiro atoms. The maximum Gasteiger partial charge on any atom is 0.306 e. The Morgan fingerprint density at radius 3 is 0.926 bits per heavy atom. The predicted molar refractivity (Wildman–Crippen MR) is 418 cm³/mol. The van der Waals surface area contributed by atoms with Crippen LogP contribution in [0.1, 0.15) is 237 Å². The normalized spacial score (nSPS) is 34.4. The first-order valence-electron chi connectivity index (χ1n) is 43.6. The van der Waals surface area contributed by atoms with Gasteiger partial charge in [0, 0.05) is 139 Å². The number of carbonyl (C=O) groups excluding carboxylic acids is 6. The quantitative estimate of drug-likeness (QED) is 0.0188. The van der Waals surface area contributed by atoms with Gasteiger partial charge in [-0.2, -0.15) is 0 Å². The van der Waals surface area contributed by atoms with Crippen molar-refractivity contribution in [3.63, 3.8) is 0 Å². The fourth-order valence-corrected chi connectivity index (χ4v) is 21.2. The molecule has 0 amide bonds. The van der Waals surface area contributed by atoms with E-state index in [1.54, 1.807) is 0 Å². The highest BCUT2D eigenvalue weighted by Crippen LogP contribution is 2.58. The molecule has 0 radical (unpaired) electrons. The molecular weight excluding hydrogens is 1370 g/mol. The van der Waals surface area contributed by atoms with Crippen LogP contribution >= 0.6 is 0 Å². The number of nitrogens with two attached hydrogens (primary N) is 2. The van der Waals surface area contributed by atoms with E-state index in [9.17, 15) is 49.2 Å². The van der Waals surface area contributed by atoms with Gasteiger partial charge in [0.25, 0.3) is 0 Å². The maximum atomic E-state index is 14.8. The fourth-order valence-electron chi connectivity index (χ4n) is 21.2. The molecule has 0 aromatic rings. The van der Waals surface area contributed by atoms with Crippen molar-refractivity contribution in [3.8, 4) is 0 Å². The summed E-state index contributed by atoms with van der Waals surface area (Å²) in [4.78, 5) is 80.9. The third-order valence-corrected chi connectivity index (χ3v) is 27.1. The zero-order valence-electron chi connectivity index (χ0n) is 69.3. The molecule has 8 aliphatic carbocycles. The summed E-state index contributed by atoms with van der Waals surface area (Å²) in [7, 11) is 0. The average molecular weight is 1530 g/mol. The van der Waals surface area contributed by atoms with E-state index in [1.165, 1.54) is 12.8 Å². The standard InChI is InChI=1S/C44H73NO11.C44H81NO7/c1-25(2)13-38(48)53-21-31-17-29(19-46)42(36(31)23-55-39(49)14-26(3)4)34-11-12-35(44(34)52)43-30(20-47)18-32(37(43)24-56-40(50)15-27(5)6)22-54-41(51)16-28-7-9-33(45)10-8-28;1-29(2)13-17-49-25-35-21-33(23-46)42(40(35)27-51-18-14-30(3)4)38-11-12-39(44(38)48)43-34(24-47)22-36(41(43)28-52-19-15-31(5)6)26-50-20-16-32-7-9-37(45)10-8-32/h25-37,42-43,46-47H,7-24,45H2,1-6H3;29-43,46-47H,7-28,45H2,1-6H3/t28?,29-,30+,31+,32-,33?,34?,35?,36-,37+,42?,43?;32?,33-,34+,35+,36-,37?,38?,39?,40-,41+,42?,43?/m00/s1. The zero-order chi connectivity index (χ0) is 78.7. The highest BCUT2D eigenvalue weighted by atomic mass is 16.5. The fraction of sp³-hybridized carbons (Fsp3) is 0.932. The van der Waals surface area contributed by atoms with E-state index in [1.807, 2.05) is 41.5 Å². The van der Waals surface area contributed by atoms with Crippen LogP contribution < -0.4 is 11.5 Å². The minimum absolute atomic E-state index is 0.0551. The molecule has 0 aromatic carbocycles. The highest BCUT2D eigenvalue weighted by Gasteiger charge is 2.59. The maximum absolute atomic E-state index is 14.8. The summed E-state index contributed by atoms with van der Waals surface area (Å²) in [5, 5.41) is 43.0. The van der Waals surface area contributed by atoms with Crippen molar-refractivity contribution in [3.05, 3.63) is 0 Å². The number of Topliss-reactive ketones (excluding diaryl/α,β-unsaturated/α-hetero) is 2. The van der Waals surface area contributed by atoms with E-state index < -0.39 is 11.8 Å². The van der Waals surface area contributed by atoms with Gasteiger partial charge in [0.15, 0.2) is 0 Å². The molecule has 0 aliphatic heterocycles. The van der Waals surface area contributed by atoms with Crippen molar-refractivity contribution >= 4 is 35.4 Å². The van der Waals surface area contributed by atoms with Crippen LogP contribution in [0.4, 0.5) is 0 Å². The monoisotopic (exact) mass is 1530 g/mol. The molecule has 0 bridgehead atoms. The lowest BCUT2D eigenvalue weighted by molar-refractivity contribution is -0.151. The van der Waals surface area contributed by atoms with Crippen molar-refractivity contribution in [2.75, 3.05) is 106 Å². The van der Waals surface area contributed by atoms with Crippen LogP contribution in [0, 0.1) is 166 Å². The molecular formula is C88H154N2O18. The number of hydrogen-bond donors (Lipinski definition) is 6. The van der Waals surface area contributed by atoms with Gasteiger partial charge in [-0.05, 0) is 259 Å². The van der Waals surface area contributed by atoms with E-state index in [4.69, 9.17) is 49.4 Å². The summed E-state index contributed by atoms with van der Waals surface area (Å²) >= 11 is 0. The molecule has 0 aromatic heterocycles. The number of esters is 4. The average Bonchev–Trinajstić information content (AvgIpc) is 1.61. The first-order valence-corrected chi connectivity index (χ1v) is 43.6. The molecule has 8 fully saturated rings. The second-order valence-electron chi connectivity index (χ2n) is 38.0. The first-order chi connectivity index (χ1) is 51.6. The van der Waals surface area contributed by atoms with Crippen LogP contribution in [-0.2, 0) is 66.7 Å². The van der Waals surface area contributed by atoms with Gasteiger partial charge in [-0.25, -0.2) is 0 Å². The number of aliphatic hydroxyl groups excluding tert-OH is 4. The van der Waals surface area contributed by atoms with E-state index >= 15 is 0 Å². The van der Waals surface area contributed by atoms with Gasteiger partial charge in [0.1, 0.15) is 11.6 Å². The van der Waals surface area contributed by atoms with Crippen LogP contribution in [0.5, 0.6) is 0 Å². The SMILES string of the molecule is CC(C)CC(=O)OC[C@H]1C[C@@H](CO)C(C2CCC(C3[C@@H](CO)C[C@@H](COC(=O)CC4CCC(N)CC4)[C@H]3COC(=O)CC(C)C)C2=O)[C@H]1COC(=O)CC(C)C.CC(C)CCOC[C@H]1C[C@@H](CO)C(C2CCC(C3[C@@H](CO)C[C@@H](COCCC4CCC(N)CC4)[C@H]3COCCC(C)C)C2=O)[C@H]1COCCC(C)C. The Kier molecular flexibility index (Phi) is 40.0. The van der Waals surface area contributed by atoms with E-state index in [0.29, 0.717) is 94.0 Å². The lowest BCUT2D eigenvalue weighted by atomic mass is 9.73. The molecule has 20 heteroatoms. The smallest absolute Gasteiger partial charge is 0.306 e. The van der Waals surface area contributed by atoms with Gasteiger partial charge >= 0.3 is 23.9 Å². The molecule has 624 valence electrons. The summed E-state index contributed by atoms with van der Waals surface area (Å²) in [6.07, 6.45) is 19.3. The van der Waals surface area contributed by atoms with Crippen molar-refractivity contribution in [1.82, 2.24) is 0 Å². The molecule has 8 unspecified atom stereocenters. The van der Waals surface area contributed by atoms with Crippen molar-refractivity contribution in [2.45, 2.75) is 249 Å². The number of hydrogen-bond acceptors (Lipinski definition) is 20. The Balaban J connectivity index is 0.000000302. The van der Waals surface area contributed by atoms with E-state index in [0.717, 1.165) is 116 Å². The zero-order valence-corrected chi connectivity index (χ0v) is 69.3. The molecule has 8 aliphatic rings. The summed E-state index contributed by atoms with van der Waals surface area (Å²) in [6.45, 7) is 30.9. The molecule has 0 heterocycles. The van der Waals surface area contributed by atoms with Crippen molar-refractivity contribution in [2.24, 2.45) is 177 Å². The summed E-state index contributed by atoms with van der Waals surface area (Å²) in [5.41, 5.74) is 12.2. The third-order valence-electron chi connectivity index (χ3n) is 27.1. The second-order valence-corrected chi connectivity index (χ2v) is 38.0. The van der Waals surface area contributed by atoms with Crippen LogP contribution in [0.25, 0.3) is 0 Å². The lowest BCUT2D eigenvalue weighted by Crippen LogP contribution is -2.38. The van der Waals surface area contributed by atoms with Gasteiger partial charge in [-0.15, -0.1) is 0 Å². The topological polar surface area (TPSA) is 309 Å². The van der Waals surface area contributed by atoms with Gasteiger partial charge in [-0.1, -0.05) is 83.1 Å². The highest BCUT2D eigenvalue weighted by molar-refractivity contribution is 5.87. The number of aliphatic hydroxyl groups is 4. The third kappa shape index (κ3) is 28.1. The second kappa shape index (κ2) is 47.0. The van der Waals surface area contributed by atoms with Gasteiger partial charge in [-0.3, -0.25) is 28.8 Å². The Morgan fingerprint density at radius 1 is 0.333 bits per heavy atom. The molecule has 8 rings (SSSR count). The van der Waals surface area contributed by atoms with Crippen LogP contribution in [0.2, 0.25) is 0 Å². The number of ketones is 2. The number of carbonyl (C=O) groups is 6. The number of rotatable bonds is 44. The van der Waals surface area contributed by atoms with Crippen LogP contribution in [0.15, 0.2) is 0 Å².